The molecule has 2 unspecified atom stereocenters. The van der Waals surface area contributed by atoms with Crippen molar-refractivity contribution in [3.63, 3.8) is 0 Å². The molecule has 0 nitrogen and oxygen atoms in total. The summed E-state index contributed by atoms with van der Waals surface area (Å²) in [5, 5.41) is 0. The maximum absolute atomic E-state index is 12.3. The molecule has 0 spiro atoms. The number of rotatable bonds is 0. The van der Waals surface area contributed by atoms with E-state index in [4.69, 9.17) is 0 Å². The van der Waals surface area contributed by atoms with Gasteiger partial charge in [0.2, 0.25) is 0 Å². The molecule has 1 rings (SSSR count). The highest BCUT2D eigenvalue weighted by molar-refractivity contribution is 4.84. The minimum atomic E-state index is -4.50. The number of hydrogen-bond acceptors (Lipinski definition) is 0. The zero-order chi connectivity index (χ0) is 11.9. The lowest BCUT2D eigenvalue weighted by Gasteiger charge is -2.35. The molecule has 1 aliphatic carbocycles. The molecular weight excluding hydrogens is 222 g/mol. The molecule has 1 aliphatic rings. The van der Waals surface area contributed by atoms with Crippen LogP contribution in [0.5, 0.6) is 0 Å². The van der Waals surface area contributed by atoms with Crippen LogP contribution in [0.3, 0.4) is 0 Å². The van der Waals surface area contributed by atoms with E-state index in [1.165, 1.54) is 6.92 Å². The monoisotopic (exact) mass is 234 g/mol. The van der Waals surface area contributed by atoms with Gasteiger partial charge in [-0.3, -0.25) is 0 Å². The number of halogens is 6. The van der Waals surface area contributed by atoms with E-state index in [1.54, 1.807) is 0 Å². The summed E-state index contributed by atoms with van der Waals surface area (Å²) in [7, 11) is 0. The van der Waals surface area contributed by atoms with Crippen molar-refractivity contribution in [2.75, 3.05) is 0 Å². The van der Waals surface area contributed by atoms with Gasteiger partial charge in [-0.2, -0.15) is 26.3 Å². The first-order valence-electron chi connectivity index (χ1n) is 4.74. The van der Waals surface area contributed by atoms with Crippen LogP contribution in [-0.4, -0.2) is 12.4 Å². The standard InChI is InChI=1S/C9H12F6/c1-5-2-6(8(10,11)12)4-7(3-5)9(13,14)15/h5-7H,2-4H2,1H3. The van der Waals surface area contributed by atoms with Crippen LogP contribution < -0.4 is 0 Å². The Labute approximate surface area is 83.6 Å². The average molecular weight is 234 g/mol. The van der Waals surface area contributed by atoms with E-state index in [0.29, 0.717) is 0 Å². The molecule has 15 heavy (non-hydrogen) atoms. The summed E-state index contributed by atoms with van der Waals surface area (Å²) in [6.07, 6.45) is -10.2. The van der Waals surface area contributed by atoms with E-state index < -0.39 is 36.5 Å². The molecule has 0 aromatic heterocycles. The lowest BCUT2D eigenvalue weighted by Crippen LogP contribution is -2.37. The molecule has 0 aromatic carbocycles. The molecule has 0 radical (unpaired) electrons. The highest BCUT2D eigenvalue weighted by Crippen LogP contribution is 2.47. The van der Waals surface area contributed by atoms with E-state index in [9.17, 15) is 26.3 Å². The molecule has 1 saturated carbocycles. The first-order chi connectivity index (χ1) is 6.60. The first kappa shape index (κ1) is 12.6. The van der Waals surface area contributed by atoms with Gasteiger partial charge in [-0.15, -0.1) is 0 Å². The summed E-state index contributed by atoms with van der Waals surface area (Å²) >= 11 is 0. The largest absolute Gasteiger partial charge is 0.391 e. The predicted molar refractivity (Wildman–Crippen MR) is 42.1 cm³/mol. The normalized spacial score (nSPS) is 34.2. The second-order valence-electron chi connectivity index (χ2n) is 4.29. The van der Waals surface area contributed by atoms with Crippen LogP contribution in [0.2, 0.25) is 0 Å². The smallest absolute Gasteiger partial charge is 0.171 e. The van der Waals surface area contributed by atoms with Crippen molar-refractivity contribution in [1.82, 2.24) is 0 Å². The topological polar surface area (TPSA) is 0 Å². The molecule has 0 heterocycles. The molecule has 0 bridgehead atoms. The third kappa shape index (κ3) is 3.28. The van der Waals surface area contributed by atoms with Gasteiger partial charge >= 0.3 is 12.4 Å². The summed E-state index contributed by atoms with van der Waals surface area (Å²) in [6, 6.07) is 0. The zero-order valence-corrected chi connectivity index (χ0v) is 8.12. The fraction of sp³-hybridized carbons (Fsp3) is 1.00. The van der Waals surface area contributed by atoms with Crippen LogP contribution in [0.25, 0.3) is 0 Å². The molecule has 2 atom stereocenters. The highest BCUT2D eigenvalue weighted by atomic mass is 19.4. The van der Waals surface area contributed by atoms with E-state index in [2.05, 4.69) is 0 Å². The van der Waals surface area contributed by atoms with Gasteiger partial charge in [-0.05, 0) is 25.2 Å². The van der Waals surface area contributed by atoms with E-state index in [1.807, 2.05) is 0 Å². The minimum absolute atomic E-state index is 0.184. The van der Waals surface area contributed by atoms with Crippen LogP contribution in [0.4, 0.5) is 26.3 Å². The van der Waals surface area contributed by atoms with Crippen LogP contribution in [0.15, 0.2) is 0 Å². The average Bonchev–Trinajstić information content (AvgIpc) is 1.99. The molecule has 0 aliphatic heterocycles. The lowest BCUT2D eigenvalue weighted by molar-refractivity contribution is -0.227. The van der Waals surface area contributed by atoms with Gasteiger partial charge in [0, 0.05) is 0 Å². The van der Waals surface area contributed by atoms with Crippen molar-refractivity contribution in [3.05, 3.63) is 0 Å². The Kier molecular flexibility index (Phi) is 3.26. The molecule has 1 fully saturated rings. The van der Waals surface area contributed by atoms with Gasteiger partial charge in [0.1, 0.15) is 0 Å². The van der Waals surface area contributed by atoms with E-state index in [0.717, 1.165) is 0 Å². The number of alkyl halides is 6. The maximum Gasteiger partial charge on any atom is 0.391 e. The molecule has 6 heteroatoms. The van der Waals surface area contributed by atoms with Gasteiger partial charge in [-0.1, -0.05) is 6.92 Å². The fourth-order valence-corrected chi connectivity index (χ4v) is 2.14. The van der Waals surface area contributed by atoms with Gasteiger partial charge in [0.05, 0.1) is 11.8 Å². The summed E-state index contributed by atoms with van der Waals surface area (Å²) in [4.78, 5) is 0. The second-order valence-corrected chi connectivity index (χ2v) is 4.29. The summed E-state index contributed by atoms with van der Waals surface area (Å²) in [5.74, 6) is -4.11. The van der Waals surface area contributed by atoms with E-state index >= 15 is 0 Å². The molecule has 0 saturated heterocycles. The quantitative estimate of drug-likeness (QED) is 0.552. The van der Waals surface area contributed by atoms with Crippen molar-refractivity contribution in [2.24, 2.45) is 17.8 Å². The first-order valence-corrected chi connectivity index (χ1v) is 4.74. The Morgan fingerprint density at radius 2 is 1.07 bits per heavy atom. The van der Waals surface area contributed by atoms with Crippen LogP contribution >= 0.6 is 0 Å². The minimum Gasteiger partial charge on any atom is -0.171 e. The van der Waals surface area contributed by atoms with Gasteiger partial charge in [0.25, 0.3) is 0 Å². The summed E-state index contributed by atoms with van der Waals surface area (Å²) < 4.78 is 73.9. The van der Waals surface area contributed by atoms with Crippen LogP contribution in [0.1, 0.15) is 26.2 Å². The van der Waals surface area contributed by atoms with Crippen LogP contribution in [0, 0.1) is 17.8 Å². The molecular formula is C9H12F6. The molecule has 0 N–H and O–H groups in total. The third-order valence-electron chi connectivity index (χ3n) is 2.87. The highest BCUT2D eigenvalue weighted by Gasteiger charge is 2.50. The van der Waals surface area contributed by atoms with Crippen molar-refractivity contribution in [2.45, 2.75) is 38.5 Å². The molecule has 0 amide bonds. The van der Waals surface area contributed by atoms with Crippen molar-refractivity contribution in [1.29, 1.82) is 0 Å². The maximum atomic E-state index is 12.3. The number of hydrogen-bond donors (Lipinski definition) is 0. The van der Waals surface area contributed by atoms with E-state index in [-0.39, 0.29) is 12.8 Å². The fourth-order valence-electron chi connectivity index (χ4n) is 2.14. The lowest BCUT2D eigenvalue weighted by atomic mass is 9.75. The second kappa shape index (κ2) is 3.87. The Morgan fingerprint density at radius 1 is 0.733 bits per heavy atom. The van der Waals surface area contributed by atoms with Gasteiger partial charge in [0.15, 0.2) is 0 Å². The van der Waals surface area contributed by atoms with Crippen molar-refractivity contribution < 1.29 is 26.3 Å². The van der Waals surface area contributed by atoms with Crippen molar-refractivity contribution >= 4 is 0 Å². The molecule has 90 valence electrons. The Balaban J connectivity index is 2.73. The third-order valence-corrected chi connectivity index (χ3v) is 2.87. The summed E-state index contributed by atoms with van der Waals surface area (Å²) in [6.45, 7) is 1.44. The Hall–Kier alpha value is -0.420. The van der Waals surface area contributed by atoms with Crippen molar-refractivity contribution in [3.8, 4) is 0 Å². The van der Waals surface area contributed by atoms with Gasteiger partial charge in [-0.25, -0.2) is 0 Å². The Bertz CT molecular complexity index is 194. The zero-order valence-electron chi connectivity index (χ0n) is 8.12. The predicted octanol–water partition coefficient (Wildman–Crippen LogP) is 4.16. The summed E-state index contributed by atoms with van der Waals surface area (Å²) in [5.41, 5.74) is 0. The SMILES string of the molecule is CC1CC(C(F)(F)F)CC(C(F)(F)F)C1. The van der Waals surface area contributed by atoms with Gasteiger partial charge < -0.3 is 0 Å². The molecule has 0 aromatic rings. The van der Waals surface area contributed by atoms with Crippen LogP contribution in [-0.2, 0) is 0 Å². The Morgan fingerprint density at radius 3 is 1.33 bits per heavy atom.